The number of carbonyl (C=O) groups excluding carboxylic acids is 1. The van der Waals surface area contributed by atoms with Crippen LogP contribution in [-0.4, -0.2) is 12.6 Å². The van der Waals surface area contributed by atoms with Gasteiger partial charge in [-0.2, -0.15) is 5.26 Å². The Balaban J connectivity index is 1.34. The van der Waals surface area contributed by atoms with Gasteiger partial charge in [0.2, 0.25) is 5.88 Å². The Morgan fingerprint density at radius 2 is 1.57 bits per heavy atom. The minimum absolute atomic E-state index is 0.0417. The van der Waals surface area contributed by atoms with Crippen LogP contribution in [0.4, 0.5) is 0 Å². The summed E-state index contributed by atoms with van der Waals surface area (Å²) in [4.78, 5) is 12.6. The minimum atomic E-state index is -0.786. The van der Waals surface area contributed by atoms with Crippen molar-refractivity contribution < 1.29 is 23.7 Å². The van der Waals surface area contributed by atoms with Gasteiger partial charge in [-0.15, -0.1) is 0 Å². The van der Waals surface area contributed by atoms with Gasteiger partial charge in [-0.05, 0) is 36.2 Å². The molecule has 1 aliphatic rings. The van der Waals surface area contributed by atoms with Gasteiger partial charge in [0.15, 0.2) is 12.4 Å². The predicted octanol–water partition coefficient (Wildman–Crippen LogP) is 9.04. The standard InChI is InChI=1S/C32H21Cl5N2O5/c1-16-5-7-17(8-6-16)14-41-19-4-2-3-18(11-19)25-21-10-9-20(12-23(21)44-32(39)22(25)13-38)43-24(40)15-42-31-29(36)27(34)26(33)28(35)30(31)37/h2-12,25H,14-15,39H2,1H3. The summed E-state index contributed by atoms with van der Waals surface area (Å²) >= 11 is 30.4. The Hall–Kier alpha value is -3.77. The molecule has 44 heavy (non-hydrogen) atoms. The lowest BCUT2D eigenvalue weighted by Gasteiger charge is -2.27. The first-order valence-corrected chi connectivity index (χ1v) is 14.8. The third-order valence-electron chi connectivity index (χ3n) is 6.64. The van der Waals surface area contributed by atoms with E-state index >= 15 is 0 Å². The average Bonchev–Trinajstić information content (AvgIpc) is 3.02. The molecule has 4 aromatic rings. The van der Waals surface area contributed by atoms with Gasteiger partial charge in [-0.3, -0.25) is 0 Å². The minimum Gasteiger partial charge on any atom is -0.489 e. The van der Waals surface area contributed by atoms with E-state index in [0.29, 0.717) is 23.7 Å². The smallest absolute Gasteiger partial charge is 0.349 e. The van der Waals surface area contributed by atoms with E-state index in [0.717, 1.165) is 16.7 Å². The van der Waals surface area contributed by atoms with Gasteiger partial charge >= 0.3 is 5.97 Å². The van der Waals surface area contributed by atoms with Gasteiger partial charge in [0.05, 0.1) is 21.0 Å². The van der Waals surface area contributed by atoms with Crippen molar-refractivity contribution in [1.29, 1.82) is 5.26 Å². The van der Waals surface area contributed by atoms with Crippen LogP contribution in [0.5, 0.6) is 23.0 Å². The zero-order chi connectivity index (χ0) is 31.5. The monoisotopic (exact) mass is 688 g/mol. The van der Waals surface area contributed by atoms with Crippen LogP contribution in [0, 0.1) is 18.3 Å². The average molecular weight is 691 g/mol. The summed E-state index contributed by atoms with van der Waals surface area (Å²) in [6.07, 6.45) is 0. The van der Waals surface area contributed by atoms with E-state index in [4.69, 9.17) is 82.7 Å². The van der Waals surface area contributed by atoms with E-state index in [1.165, 1.54) is 6.07 Å². The van der Waals surface area contributed by atoms with Crippen molar-refractivity contribution in [1.82, 2.24) is 0 Å². The number of fused-ring (bicyclic) bond motifs is 1. The fourth-order valence-corrected chi connectivity index (χ4v) is 5.71. The van der Waals surface area contributed by atoms with Gasteiger partial charge in [-0.1, -0.05) is 106 Å². The van der Waals surface area contributed by atoms with Crippen molar-refractivity contribution >= 4 is 64.0 Å². The molecule has 0 radical (unpaired) electrons. The number of aryl methyl sites for hydroxylation is 1. The molecule has 0 aliphatic carbocycles. The van der Waals surface area contributed by atoms with Crippen LogP contribution >= 0.6 is 58.0 Å². The molecule has 224 valence electrons. The van der Waals surface area contributed by atoms with Crippen molar-refractivity contribution in [3.8, 4) is 29.1 Å². The van der Waals surface area contributed by atoms with Crippen LogP contribution in [-0.2, 0) is 11.4 Å². The fourth-order valence-electron chi connectivity index (χ4n) is 4.48. The van der Waals surface area contributed by atoms with Gasteiger partial charge in [0.1, 0.15) is 45.5 Å². The SMILES string of the molecule is Cc1ccc(COc2cccc(C3C(C#N)=C(N)Oc4cc(OC(=O)COc5c(Cl)c(Cl)c(Cl)c(Cl)c5Cl)ccc43)c2)cc1. The fraction of sp³-hybridized carbons (Fsp3) is 0.125. The lowest BCUT2D eigenvalue weighted by atomic mass is 9.83. The highest BCUT2D eigenvalue weighted by atomic mass is 35.5. The molecule has 0 aromatic heterocycles. The molecule has 1 atom stereocenters. The second-order valence-electron chi connectivity index (χ2n) is 9.63. The Kier molecular flexibility index (Phi) is 9.69. The Morgan fingerprint density at radius 3 is 2.25 bits per heavy atom. The Bertz CT molecular complexity index is 1810. The summed E-state index contributed by atoms with van der Waals surface area (Å²) in [6, 6.07) is 22.4. The number of ether oxygens (including phenoxy) is 4. The largest absolute Gasteiger partial charge is 0.489 e. The predicted molar refractivity (Wildman–Crippen MR) is 170 cm³/mol. The van der Waals surface area contributed by atoms with Crippen LogP contribution in [0.1, 0.15) is 28.2 Å². The van der Waals surface area contributed by atoms with Crippen molar-refractivity contribution in [3.05, 3.63) is 126 Å². The van der Waals surface area contributed by atoms with E-state index in [9.17, 15) is 10.1 Å². The summed E-state index contributed by atoms with van der Waals surface area (Å²) in [5.41, 5.74) is 10.0. The van der Waals surface area contributed by atoms with E-state index in [-0.39, 0.29) is 48.1 Å². The molecule has 2 N–H and O–H groups in total. The molecule has 0 bridgehead atoms. The summed E-state index contributed by atoms with van der Waals surface area (Å²) < 4.78 is 22.7. The number of esters is 1. The molecule has 0 saturated carbocycles. The summed E-state index contributed by atoms with van der Waals surface area (Å²) in [7, 11) is 0. The molecule has 0 spiro atoms. The zero-order valence-corrected chi connectivity index (χ0v) is 26.6. The van der Waals surface area contributed by atoms with E-state index in [1.807, 2.05) is 55.5 Å². The maximum Gasteiger partial charge on any atom is 0.349 e. The van der Waals surface area contributed by atoms with Gasteiger partial charge < -0.3 is 24.7 Å². The first-order chi connectivity index (χ1) is 21.1. The molecular formula is C32H21Cl5N2O5. The van der Waals surface area contributed by atoms with E-state index in [1.54, 1.807) is 12.1 Å². The number of halogens is 5. The quantitative estimate of drug-likeness (QED) is 0.0852. The normalized spacial score (nSPS) is 13.9. The summed E-state index contributed by atoms with van der Waals surface area (Å²) in [5, 5.41) is 9.56. The number of nitrogens with zero attached hydrogens (tertiary/aromatic N) is 1. The second kappa shape index (κ2) is 13.5. The Morgan fingerprint density at radius 1 is 0.886 bits per heavy atom. The first kappa shape index (κ1) is 31.6. The molecule has 5 rings (SSSR count). The summed E-state index contributed by atoms with van der Waals surface area (Å²) in [5.74, 6) is -0.442. The molecule has 12 heteroatoms. The maximum atomic E-state index is 12.6. The van der Waals surface area contributed by atoms with Crippen molar-refractivity contribution in [2.75, 3.05) is 6.61 Å². The van der Waals surface area contributed by atoms with Crippen molar-refractivity contribution in [3.63, 3.8) is 0 Å². The van der Waals surface area contributed by atoms with Crippen LogP contribution in [0.3, 0.4) is 0 Å². The molecule has 1 unspecified atom stereocenters. The zero-order valence-electron chi connectivity index (χ0n) is 22.8. The third-order valence-corrected chi connectivity index (χ3v) is 8.89. The molecule has 0 saturated heterocycles. The van der Waals surface area contributed by atoms with Crippen LogP contribution < -0.4 is 24.7 Å². The van der Waals surface area contributed by atoms with Gasteiger partial charge in [-0.25, -0.2) is 4.79 Å². The molecule has 1 heterocycles. The molecule has 0 fully saturated rings. The number of benzene rings is 4. The highest BCUT2D eigenvalue weighted by Crippen LogP contribution is 2.48. The van der Waals surface area contributed by atoms with E-state index < -0.39 is 18.5 Å². The molecule has 1 aliphatic heterocycles. The molecule has 7 nitrogen and oxygen atoms in total. The van der Waals surface area contributed by atoms with Gasteiger partial charge in [0, 0.05) is 11.6 Å². The van der Waals surface area contributed by atoms with Crippen LogP contribution in [0.25, 0.3) is 0 Å². The number of carbonyl (C=O) groups is 1. The summed E-state index contributed by atoms with van der Waals surface area (Å²) in [6.45, 7) is 1.83. The number of hydrogen-bond acceptors (Lipinski definition) is 7. The molecule has 4 aromatic carbocycles. The van der Waals surface area contributed by atoms with Gasteiger partial charge in [0.25, 0.3) is 0 Å². The highest BCUT2D eigenvalue weighted by Gasteiger charge is 2.31. The third kappa shape index (κ3) is 6.66. The number of rotatable bonds is 8. The molecular weight excluding hydrogens is 670 g/mol. The highest BCUT2D eigenvalue weighted by molar-refractivity contribution is 6.55. The van der Waals surface area contributed by atoms with Crippen molar-refractivity contribution in [2.45, 2.75) is 19.4 Å². The number of nitrogens with two attached hydrogens (primary N) is 1. The van der Waals surface area contributed by atoms with E-state index in [2.05, 4.69) is 6.07 Å². The number of allylic oxidation sites excluding steroid dienone is 1. The van der Waals surface area contributed by atoms with Crippen LogP contribution in [0.15, 0.2) is 78.2 Å². The van der Waals surface area contributed by atoms with Crippen LogP contribution in [0.2, 0.25) is 25.1 Å². The first-order valence-electron chi connectivity index (χ1n) is 12.9. The van der Waals surface area contributed by atoms with Crippen molar-refractivity contribution in [2.24, 2.45) is 5.73 Å². The maximum absolute atomic E-state index is 12.6. The second-order valence-corrected chi connectivity index (χ2v) is 11.5. The number of nitriles is 1. The molecule has 0 amide bonds. The number of hydrogen-bond donors (Lipinski definition) is 1. The lowest BCUT2D eigenvalue weighted by molar-refractivity contribution is -0.136. The topological polar surface area (TPSA) is 104 Å². The Labute approximate surface area is 278 Å². The lowest BCUT2D eigenvalue weighted by Crippen LogP contribution is -2.22.